The molecule has 2 aromatic carbocycles. The van der Waals surface area contributed by atoms with E-state index in [9.17, 15) is 9.59 Å². The topological polar surface area (TPSA) is 59.1 Å². The van der Waals surface area contributed by atoms with Crippen LogP contribution in [0.15, 0.2) is 66.0 Å². The van der Waals surface area contributed by atoms with Crippen molar-refractivity contribution in [1.29, 1.82) is 0 Å². The van der Waals surface area contributed by atoms with Gasteiger partial charge in [0.2, 0.25) is 11.8 Å². The summed E-state index contributed by atoms with van der Waals surface area (Å²) in [5.41, 5.74) is 3.24. The van der Waals surface area contributed by atoms with Crippen LogP contribution in [0.25, 0.3) is 0 Å². The number of amides is 2. The summed E-state index contributed by atoms with van der Waals surface area (Å²) >= 11 is 1.72. The zero-order valence-electron chi connectivity index (χ0n) is 20.3. The first-order chi connectivity index (χ1) is 17.0. The van der Waals surface area contributed by atoms with Crippen molar-refractivity contribution in [3.63, 3.8) is 0 Å². The van der Waals surface area contributed by atoms with Crippen LogP contribution in [0.5, 0.6) is 5.75 Å². The Hall–Kier alpha value is -3.16. The van der Waals surface area contributed by atoms with E-state index in [0.717, 1.165) is 23.3 Å². The van der Waals surface area contributed by atoms with E-state index in [0.29, 0.717) is 26.3 Å². The maximum Gasteiger partial charge on any atom is 0.242 e. The molecule has 1 aliphatic heterocycles. The monoisotopic (exact) mass is 492 g/mol. The molecule has 184 valence electrons. The van der Waals surface area contributed by atoms with Crippen molar-refractivity contribution < 1.29 is 19.1 Å². The second kappa shape index (κ2) is 12.0. The van der Waals surface area contributed by atoms with Crippen molar-refractivity contribution in [2.75, 3.05) is 40.0 Å². The quantitative estimate of drug-likeness (QED) is 0.424. The van der Waals surface area contributed by atoms with Gasteiger partial charge in [0.05, 0.1) is 25.6 Å². The first-order valence-corrected chi connectivity index (χ1v) is 12.8. The number of nitrogens with zero attached hydrogens (tertiary/aromatic N) is 2. The van der Waals surface area contributed by atoms with Gasteiger partial charge in [0.25, 0.3) is 0 Å². The number of aryl methyl sites for hydroxylation is 1. The highest BCUT2D eigenvalue weighted by Gasteiger charge is 2.33. The van der Waals surface area contributed by atoms with E-state index < -0.39 is 0 Å². The van der Waals surface area contributed by atoms with E-state index in [2.05, 4.69) is 11.4 Å². The summed E-state index contributed by atoms with van der Waals surface area (Å²) in [5.74, 6) is 0.629. The van der Waals surface area contributed by atoms with Crippen molar-refractivity contribution in [2.45, 2.75) is 25.8 Å². The summed E-state index contributed by atoms with van der Waals surface area (Å²) in [4.78, 5) is 31.4. The molecule has 0 fully saturated rings. The second-order valence-corrected chi connectivity index (χ2v) is 9.75. The molecule has 1 aliphatic rings. The summed E-state index contributed by atoms with van der Waals surface area (Å²) in [6.45, 7) is 3.79. The Morgan fingerprint density at radius 3 is 2.60 bits per heavy atom. The molecule has 35 heavy (non-hydrogen) atoms. The lowest BCUT2D eigenvalue weighted by Crippen LogP contribution is -2.48. The van der Waals surface area contributed by atoms with Gasteiger partial charge in [0.15, 0.2) is 0 Å². The molecule has 4 rings (SSSR count). The van der Waals surface area contributed by atoms with Crippen molar-refractivity contribution in [3.8, 4) is 5.75 Å². The molecule has 2 heterocycles. The molecule has 1 aromatic heterocycles. The highest BCUT2D eigenvalue weighted by Crippen LogP contribution is 2.34. The van der Waals surface area contributed by atoms with Crippen molar-refractivity contribution in [3.05, 3.63) is 87.6 Å². The van der Waals surface area contributed by atoms with Crippen LogP contribution in [0.2, 0.25) is 0 Å². The Morgan fingerprint density at radius 2 is 1.86 bits per heavy atom. The Bertz CT molecular complexity index is 1110. The van der Waals surface area contributed by atoms with Gasteiger partial charge in [-0.15, -0.1) is 11.3 Å². The van der Waals surface area contributed by atoms with Crippen LogP contribution in [0.3, 0.4) is 0 Å². The molecule has 0 saturated heterocycles. The van der Waals surface area contributed by atoms with Crippen LogP contribution >= 0.6 is 11.3 Å². The molecule has 0 spiro atoms. The molecule has 3 aromatic rings. The Balaban J connectivity index is 1.48. The molecule has 0 radical (unpaired) electrons. The number of carbonyl (C=O) groups excluding carboxylic acids is 2. The number of rotatable bonds is 10. The van der Waals surface area contributed by atoms with E-state index in [1.165, 1.54) is 10.4 Å². The molecular weight excluding hydrogens is 460 g/mol. The summed E-state index contributed by atoms with van der Waals surface area (Å²) < 4.78 is 11.3. The Kier molecular flexibility index (Phi) is 8.55. The van der Waals surface area contributed by atoms with Gasteiger partial charge in [-0.25, -0.2) is 0 Å². The highest BCUT2D eigenvalue weighted by atomic mass is 32.1. The number of benzene rings is 2. The number of hydrogen-bond donors (Lipinski definition) is 0. The molecule has 0 bridgehead atoms. The summed E-state index contributed by atoms with van der Waals surface area (Å²) in [5, 5.41) is 2.08. The van der Waals surface area contributed by atoms with Gasteiger partial charge >= 0.3 is 0 Å². The molecule has 2 amide bonds. The number of thiophene rings is 1. The predicted octanol–water partition coefficient (Wildman–Crippen LogP) is 4.28. The molecule has 1 unspecified atom stereocenters. The minimum absolute atomic E-state index is 0.0233. The van der Waals surface area contributed by atoms with Crippen LogP contribution in [-0.2, 0) is 27.2 Å². The van der Waals surface area contributed by atoms with Crippen molar-refractivity contribution in [1.82, 2.24) is 9.80 Å². The fraction of sp³-hybridized carbons (Fsp3) is 0.357. The first kappa shape index (κ1) is 24.9. The molecule has 7 heteroatoms. The lowest BCUT2D eigenvalue weighted by atomic mass is 10.0. The highest BCUT2D eigenvalue weighted by molar-refractivity contribution is 7.10. The molecule has 6 nitrogen and oxygen atoms in total. The van der Waals surface area contributed by atoms with Gasteiger partial charge in [-0.1, -0.05) is 48.0 Å². The van der Waals surface area contributed by atoms with Crippen LogP contribution < -0.4 is 4.74 Å². The molecule has 0 saturated carbocycles. The van der Waals surface area contributed by atoms with Crippen LogP contribution in [0.4, 0.5) is 0 Å². The predicted molar refractivity (Wildman–Crippen MR) is 138 cm³/mol. The third-order valence-corrected chi connectivity index (χ3v) is 7.28. The smallest absolute Gasteiger partial charge is 0.242 e. The van der Waals surface area contributed by atoms with E-state index in [-0.39, 0.29) is 30.8 Å². The number of ether oxygens (including phenoxy) is 2. The average molecular weight is 493 g/mol. The van der Waals surface area contributed by atoms with E-state index in [1.54, 1.807) is 23.3 Å². The minimum atomic E-state index is -0.188. The maximum atomic E-state index is 13.6. The standard InChI is InChI=1S/C28H32N2O4S/c1-21-8-10-23(11-9-21)34-20-25-24-13-17-35-26(24)12-14-30(25)28(32)19-29(15-16-33-2)27(31)18-22-6-4-3-5-7-22/h3-11,13,17,25H,12,14-16,18-20H2,1-2H3. The SMILES string of the molecule is COCCN(CC(=O)N1CCc2sccc2C1COc1ccc(C)cc1)C(=O)Cc1ccccc1. The number of hydrogen-bond acceptors (Lipinski definition) is 5. The van der Waals surface area contributed by atoms with Crippen LogP contribution in [0, 0.1) is 6.92 Å². The lowest BCUT2D eigenvalue weighted by molar-refractivity contribution is -0.142. The fourth-order valence-corrected chi connectivity index (χ4v) is 5.24. The second-order valence-electron chi connectivity index (χ2n) is 8.75. The fourth-order valence-electron chi connectivity index (χ4n) is 4.31. The van der Waals surface area contributed by atoms with E-state index in [1.807, 2.05) is 66.4 Å². The van der Waals surface area contributed by atoms with Crippen molar-refractivity contribution in [2.24, 2.45) is 0 Å². The van der Waals surface area contributed by atoms with E-state index >= 15 is 0 Å². The van der Waals surface area contributed by atoms with Crippen LogP contribution in [-0.4, -0.2) is 61.6 Å². The Morgan fingerprint density at radius 1 is 1.09 bits per heavy atom. The third-order valence-electron chi connectivity index (χ3n) is 6.29. The number of methoxy groups -OCH3 is 1. The summed E-state index contributed by atoms with van der Waals surface area (Å²) in [7, 11) is 1.60. The van der Waals surface area contributed by atoms with Gasteiger partial charge in [0.1, 0.15) is 12.4 Å². The molecule has 1 atom stereocenters. The average Bonchev–Trinajstić information content (AvgIpc) is 3.35. The third kappa shape index (κ3) is 6.50. The normalized spacial score (nSPS) is 14.9. The lowest BCUT2D eigenvalue weighted by Gasteiger charge is -2.37. The first-order valence-electron chi connectivity index (χ1n) is 11.9. The molecular formula is C28H32N2O4S. The minimum Gasteiger partial charge on any atom is -0.491 e. The number of carbonyl (C=O) groups is 2. The molecule has 0 aliphatic carbocycles. The maximum absolute atomic E-state index is 13.6. The van der Waals surface area contributed by atoms with Crippen LogP contribution in [0.1, 0.15) is 27.6 Å². The largest absolute Gasteiger partial charge is 0.491 e. The van der Waals surface area contributed by atoms with Gasteiger partial charge in [0, 0.05) is 25.1 Å². The zero-order valence-corrected chi connectivity index (χ0v) is 21.1. The van der Waals surface area contributed by atoms with Gasteiger partial charge in [-0.3, -0.25) is 9.59 Å². The van der Waals surface area contributed by atoms with Gasteiger partial charge < -0.3 is 19.3 Å². The molecule has 0 N–H and O–H groups in total. The van der Waals surface area contributed by atoms with Crippen molar-refractivity contribution >= 4 is 23.2 Å². The summed E-state index contributed by atoms with van der Waals surface area (Å²) in [6.07, 6.45) is 1.07. The van der Waals surface area contributed by atoms with Gasteiger partial charge in [-0.2, -0.15) is 0 Å². The summed E-state index contributed by atoms with van der Waals surface area (Å²) in [6, 6.07) is 19.4. The van der Waals surface area contributed by atoms with E-state index in [4.69, 9.17) is 9.47 Å². The zero-order chi connectivity index (χ0) is 24.6. The number of fused-ring (bicyclic) bond motifs is 1. The van der Waals surface area contributed by atoms with Gasteiger partial charge in [-0.05, 0) is 48.1 Å². The Labute approximate surface area is 211 Å².